The van der Waals surface area contributed by atoms with Gasteiger partial charge in [0.1, 0.15) is 11.5 Å². The maximum Gasteiger partial charge on any atom is 0.317 e. The van der Waals surface area contributed by atoms with E-state index < -0.39 is 5.97 Å². The van der Waals surface area contributed by atoms with E-state index in [-0.39, 0.29) is 12.6 Å². The van der Waals surface area contributed by atoms with E-state index in [0.29, 0.717) is 0 Å². The van der Waals surface area contributed by atoms with E-state index in [9.17, 15) is 4.79 Å². The normalized spacial score (nSPS) is 10.5. The topological polar surface area (TPSA) is 67.8 Å². The fourth-order valence-corrected chi connectivity index (χ4v) is 2.21. The number of methoxy groups -OCH3 is 2. The number of hydrogen-bond donors (Lipinski definition) is 2. The summed E-state index contributed by atoms with van der Waals surface area (Å²) < 4.78 is 10.3. The van der Waals surface area contributed by atoms with E-state index in [1.54, 1.807) is 14.2 Å². The molecule has 0 radical (unpaired) electrons. The molecule has 5 heteroatoms. The number of benzene rings is 2. The molecule has 0 saturated heterocycles. The van der Waals surface area contributed by atoms with Gasteiger partial charge in [0.2, 0.25) is 0 Å². The smallest absolute Gasteiger partial charge is 0.317 e. The fraction of sp³-hybridized carbons (Fsp3) is 0.235. The Morgan fingerprint density at radius 3 is 1.68 bits per heavy atom. The highest BCUT2D eigenvalue weighted by Crippen LogP contribution is 2.25. The van der Waals surface area contributed by atoms with Gasteiger partial charge in [-0.25, -0.2) is 0 Å². The summed E-state index contributed by atoms with van der Waals surface area (Å²) in [5, 5.41) is 12.0. The van der Waals surface area contributed by atoms with Gasteiger partial charge in [-0.15, -0.1) is 0 Å². The van der Waals surface area contributed by atoms with Crippen molar-refractivity contribution in [2.45, 2.75) is 6.04 Å². The van der Waals surface area contributed by atoms with Crippen LogP contribution < -0.4 is 14.8 Å². The van der Waals surface area contributed by atoms with Gasteiger partial charge in [-0.05, 0) is 35.4 Å². The first kappa shape index (κ1) is 15.9. The molecule has 116 valence electrons. The summed E-state index contributed by atoms with van der Waals surface area (Å²) in [5.74, 6) is 0.623. The summed E-state index contributed by atoms with van der Waals surface area (Å²) in [5.41, 5.74) is 1.93. The van der Waals surface area contributed by atoms with E-state index in [0.717, 1.165) is 22.6 Å². The van der Waals surface area contributed by atoms with Gasteiger partial charge in [-0.1, -0.05) is 24.3 Å². The van der Waals surface area contributed by atoms with Crippen LogP contribution in [0, 0.1) is 0 Å². The molecule has 5 nitrogen and oxygen atoms in total. The van der Waals surface area contributed by atoms with Gasteiger partial charge in [-0.2, -0.15) is 0 Å². The number of carbonyl (C=O) groups is 1. The van der Waals surface area contributed by atoms with E-state index in [1.165, 1.54) is 0 Å². The zero-order chi connectivity index (χ0) is 15.9. The molecule has 0 aliphatic heterocycles. The van der Waals surface area contributed by atoms with Crippen LogP contribution in [0.4, 0.5) is 0 Å². The third-order valence-electron chi connectivity index (χ3n) is 3.36. The Balaban J connectivity index is 2.29. The van der Waals surface area contributed by atoms with Crippen molar-refractivity contribution in [3.8, 4) is 11.5 Å². The minimum atomic E-state index is -0.896. The summed E-state index contributed by atoms with van der Waals surface area (Å²) in [6.07, 6.45) is 0. The molecule has 0 fully saturated rings. The van der Waals surface area contributed by atoms with Gasteiger partial charge in [0.25, 0.3) is 0 Å². The third-order valence-corrected chi connectivity index (χ3v) is 3.36. The number of nitrogens with one attached hydrogen (secondary N) is 1. The van der Waals surface area contributed by atoms with E-state index in [4.69, 9.17) is 14.6 Å². The molecule has 0 aromatic heterocycles. The fourth-order valence-electron chi connectivity index (χ4n) is 2.21. The highest BCUT2D eigenvalue weighted by Gasteiger charge is 2.15. The molecular formula is C17H19NO4. The van der Waals surface area contributed by atoms with Crippen molar-refractivity contribution in [1.82, 2.24) is 5.32 Å². The minimum absolute atomic E-state index is 0.122. The summed E-state index contributed by atoms with van der Waals surface area (Å²) in [4.78, 5) is 10.9. The van der Waals surface area contributed by atoms with Gasteiger partial charge in [0.05, 0.1) is 26.8 Å². The zero-order valence-electron chi connectivity index (χ0n) is 12.6. The summed E-state index contributed by atoms with van der Waals surface area (Å²) in [6, 6.07) is 14.9. The Hall–Kier alpha value is -2.53. The van der Waals surface area contributed by atoms with Crippen LogP contribution in [0.15, 0.2) is 48.5 Å². The van der Waals surface area contributed by atoms with Crippen LogP contribution in [0.25, 0.3) is 0 Å². The Labute approximate surface area is 129 Å². The molecule has 2 N–H and O–H groups in total. The van der Waals surface area contributed by atoms with E-state index in [2.05, 4.69) is 5.32 Å². The lowest BCUT2D eigenvalue weighted by Crippen LogP contribution is -2.28. The zero-order valence-corrected chi connectivity index (χ0v) is 12.6. The highest BCUT2D eigenvalue weighted by atomic mass is 16.5. The van der Waals surface area contributed by atoms with Crippen LogP contribution in [0.2, 0.25) is 0 Å². The number of ether oxygens (including phenoxy) is 2. The molecule has 2 aromatic carbocycles. The minimum Gasteiger partial charge on any atom is -0.497 e. The van der Waals surface area contributed by atoms with Crippen molar-refractivity contribution in [3.63, 3.8) is 0 Å². The molecule has 0 unspecified atom stereocenters. The van der Waals surface area contributed by atoms with Crippen molar-refractivity contribution in [3.05, 3.63) is 59.7 Å². The van der Waals surface area contributed by atoms with Gasteiger partial charge < -0.3 is 14.6 Å². The molecule has 22 heavy (non-hydrogen) atoms. The Bertz CT molecular complexity index is 560. The first-order chi connectivity index (χ1) is 10.6. The standard InChI is InChI=1S/C17H19NO4/c1-21-14-7-3-12(4-8-14)17(18-11-16(19)20)13-5-9-15(22-2)10-6-13/h3-10,17-18H,11H2,1-2H3,(H,19,20). The Morgan fingerprint density at radius 2 is 1.36 bits per heavy atom. The summed E-state index contributed by atoms with van der Waals surface area (Å²) in [7, 11) is 3.22. The Kier molecular flexibility index (Phi) is 5.38. The van der Waals surface area contributed by atoms with Crippen LogP contribution in [0.5, 0.6) is 11.5 Å². The average Bonchev–Trinajstić information content (AvgIpc) is 2.56. The number of rotatable bonds is 7. The number of carboxylic acids is 1. The van der Waals surface area contributed by atoms with Crippen molar-refractivity contribution in [1.29, 1.82) is 0 Å². The van der Waals surface area contributed by atoms with E-state index in [1.807, 2.05) is 48.5 Å². The van der Waals surface area contributed by atoms with Gasteiger partial charge in [-0.3, -0.25) is 10.1 Å². The molecule has 0 aliphatic carbocycles. The SMILES string of the molecule is COc1ccc(C(NCC(=O)O)c2ccc(OC)cc2)cc1. The predicted octanol–water partition coefficient (Wildman–Crippen LogP) is 2.47. The maximum atomic E-state index is 10.9. The molecule has 0 heterocycles. The molecule has 0 bridgehead atoms. The van der Waals surface area contributed by atoms with E-state index >= 15 is 0 Å². The molecule has 2 aromatic rings. The maximum absolute atomic E-state index is 10.9. The lowest BCUT2D eigenvalue weighted by Gasteiger charge is -2.19. The second-order valence-corrected chi connectivity index (χ2v) is 4.75. The van der Waals surface area contributed by atoms with Gasteiger partial charge >= 0.3 is 5.97 Å². The molecule has 0 spiro atoms. The largest absolute Gasteiger partial charge is 0.497 e. The number of hydrogen-bond acceptors (Lipinski definition) is 4. The lowest BCUT2D eigenvalue weighted by atomic mass is 9.98. The van der Waals surface area contributed by atoms with Crippen molar-refractivity contribution < 1.29 is 19.4 Å². The lowest BCUT2D eigenvalue weighted by molar-refractivity contribution is -0.136. The number of aliphatic carboxylic acids is 1. The van der Waals surface area contributed by atoms with Gasteiger partial charge in [0, 0.05) is 0 Å². The third kappa shape index (κ3) is 3.99. The molecule has 0 amide bonds. The second kappa shape index (κ2) is 7.47. The first-order valence-electron chi connectivity index (χ1n) is 6.87. The Morgan fingerprint density at radius 1 is 0.955 bits per heavy atom. The van der Waals surface area contributed by atoms with Crippen molar-refractivity contribution in [2.75, 3.05) is 20.8 Å². The summed E-state index contributed by atoms with van der Waals surface area (Å²) >= 11 is 0. The van der Waals surface area contributed by atoms with Gasteiger partial charge in [0.15, 0.2) is 0 Å². The summed E-state index contributed by atoms with van der Waals surface area (Å²) in [6.45, 7) is -0.122. The van der Waals surface area contributed by atoms with Crippen molar-refractivity contribution in [2.24, 2.45) is 0 Å². The second-order valence-electron chi connectivity index (χ2n) is 4.75. The highest BCUT2D eigenvalue weighted by molar-refractivity contribution is 5.69. The molecule has 0 atom stereocenters. The quantitative estimate of drug-likeness (QED) is 0.822. The van der Waals surface area contributed by atoms with Crippen molar-refractivity contribution >= 4 is 5.97 Å². The molecule has 0 saturated carbocycles. The molecule has 2 rings (SSSR count). The molecule has 0 aliphatic rings. The monoisotopic (exact) mass is 301 g/mol. The first-order valence-corrected chi connectivity index (χ1v) is 6.87. The predicted molar refractivity (Wildman–Crippen MR) is 83.5 cm³/mol. The average molecular weight is 301 g/mol. The van der Waals surface area contributed by atoms with Crippen LogP contribution >= 0.6 is 0 Å². The number of carboxylic acid groups (broad SMARTS) is 1. The van der Waals surface area contributed by atoms with Crippen LogP contribution in [-0.4, -0.2) is 31.8 Å². The van der Waals surface area contributed by atoms with Crippen LogP contribution in [-0.2, 0) is 4.79 Å². The van der Waals surface area contributed by atoms with Crippen LogP contribution in [0.3, 0.4) is 0 Å². The molecular weight excluding hydrogens is 282 g/mol. The van der Waals surface area contributed by atoms with Crippen LogP contribution in [0.1, 0.15) is 17.2 Å².